The van der Waals surface area contributed by atoms with Crippen LogP contribution in [0.1, 0.15) is 83.3 Å². The van der Waals surface area contributed by atoms with E-state index < -0.39 is 191 Å². The van der Waals surface area contributed by atoms with Crippen LogP contribution in [0.5, 0.6) is 11.5 Å². The molecule has 0 spiro atoms. The van der Waals surface area contributed by atoms with Crippen LogP contribution >= 0.6 is 25.3 Å². The van der Waals surface area contributed by atoms with Gasteiger partial charge in [-0.15, -0.1) is 0 Å². The molecule has 12 amide bonds. The summed E-state index contributed by atoms with van der Waals surface area (Å²) in [6, 6.07) is -8.11. The monoisotopic (exact) mass is 1490 g/mol. The maximum atomic E-state index is 14.2. The number of carbonyl (C=O) groups is 13. The predicted molar refractivity (Wildman–Crippen MR) is 379 cm³/mol. The topological polar surface area (TPSA) is 709 Å². The quantitative estimate of drug-likeness (QED) is 0.0127. The Kier molecular flexibility index (Phi) is 39.2. The normalized spacial score (nSPS) is 14.9. The van der Waals surface area contributed by atoms with Gasteiger partial charge in [-0.2, -0.15) is 25.3 Å². The number of guanidine groups is 2. The summed E-state index contributed by atoms with van der Waals surface area (Å²) in [7, 11) is 0. The molecule has 0 radical (unpaired) electrons. The molecule has 0 aliphatic carbocycles. The van der Waals surface area contributed by atoms with Crippen LogP contribution in [0.2, 0.25) is 0 Å². The van der Waals surface area contributed by atoms with Gasteiger partial charge in [-0.3, -0.25) is 68.4 Å². The van der Waals surface area contributed by atoms with E-state index in [0.29, 0.717) is 11.1 Å². The van der Waals surface area contributed by atoms with Gasteiger partial charge in [0.05, 0.1) is 25.2 Å². The minimum atomic E-state index is -1.93. The number of amides is 12. The van der Waals surface area contributed by atoms with Crippen LogP contribution in [0.4, 0.5) is 0 Å². The number of aliphatic hydroxyl groups is 2. The fourth-order valence-electron chi connectivity index (χ4n) is 9.64. The minimum absolute atomic E-state index is 0.00745. The van der Waals surface area contributed by atoms with Crippen molar-refractivity contribution in [3.63, 3.8) is 0 Å². The number of hydrogen-bond donors (Lipinski definition) is 29. The van der Waals surface area contributed by atoms with Crippen molar-refractivity contribution in [3.05, 3.63) is 59.7 Å². The average molecular weight is 1490 g/mol. The van der Waals surface area contributed by atoms with Gasteiger partial charge in [0.15, 0.2) is 11.9 Å². The molecule has 2 rings (SSSR count). The van der Waals surface area contributed by atoms with Gasteiger partial charge < -0.3 is 135 Å². The number of aliphatic carboxylic acids is 1. The number of primary amides is 1. The van der Waals surface area contributed by atoms with Crippen molar-refractivity contribution in [1.82, 2.24) is 69.1 Å². The lowest BCUT2D eigenvalue weighted by atomic mass is 9.99. The lowest BCUT2D eigenvalue weighted by Crippen LogP contribution is -2.63. The van der Waals surface area contributed by atoms with Crippen LogP contribution in [-0.2, 0) is 75.2 Å². The smallest absolute Gasteiger partial charge is 0.326 e. The molecule has 103 heavy (non-hydrogen) atoms. The van der Waals surface area contributed by atoms with E-state index in [1.54, 1.807) is 0 Å². The number of thiol groups is 2. The zero-order valence-electron chi connectivity index (χ0n) is 57.1. The van der Waals surface area contributed by atoms with E-state index in [-0.39, 0.29) is 102 Å². The van der Waals surface area contributed by atoms with E-state index >= 15 is 0 Å². The van der Waals surface area contributed by atoms with E-state index in [1.165, 1.54) is 62.4 Å². The number of benzene rings is 2. The number of carboxylic acid groups (broad SMARTS) is 1. The highest BCUT2D eigenvalue weighted by atomic mass is 32.1. The van der Waals surface area contributed by atoms with Crippen molar-refractivity contribution in [1.29, 1.82) is 10.8 Å². The van der Waals surface area contributed by atoms with Crippen molar-refractivity contribution < 1.29 is 87.9 Å². The molecule has 34 N–H and O–H groups in total. The maximum Gasteiger partial charge on any atom is 0.326 e. The number of aliphatic hydroxyl groups excluding tert-OH is 2. The Labute approximate surface area is 604 Å². The largest absolute Gasteiger partial charge is 0.508 e. The Morgan fingerprint density at radius 3 is 1.18 bits per heavy atom. The predicted octanol–water partition coefficient (Wildman–Crippen LogP) is -9.91. The van der Waals surface area contributed by atoms with Crippen LogP contribution in [0.3, 0.4) is 0 Å². The molecule has 0 saturated carbocycles. The van der Waals surface area contributed by atoms with Gasteiger partial charge >= 0.3 is 5.97 Å². The van der Waals surface area contributed by atoms with Crippen LogP contribution < -0.4 is 109 Å². The molecule has 40 nitrogen and oxygen atoms in total. The summed E-state index contributed by atoms with van der Waals surface area (Å²) in [6.45, 7) is 2.00. The molecular formula is C61H100N22O18S2. The Bertz CT molecular complexity index is 3230. The van der Waals surface area contributed by atoms with Crippen molar-refractivity contribution in [2.24, 2.45) is 40.1 Å². The third-order valence-corrected chi connectivity index (χ3v) is 15.8. The number of carboxylic acids is 1. The number of hydrogen-bond acceptors (Lipinski definition) is 25. The van der Waals surface area contributed by atoms with E-state index in [1.807, 2.05) is 0 Å². The van der Waals surface area contributed by atoms with Crippen LogP contribution in [0, 0.1) is 10.8 Å². The summed E-state index contributed by atoms with van der Waals surface area (Å²) < 4.78 is -1.36. The molecule has 0 saturated heterocycles. The lowest BCUT2D eigenvalue weighted by Gasteiger charge is -2.32. The molecule has 42 heteroatoms. The third-order valence-electron chi connectivity index (χ3n) is 15.2. The van der Waals surface area contributed by atoms with E-state index in [0.717, 1.165) is 6.92 Å². The van der Waals surface area contributed by atoms with Crippen molar-refractivity contribution >= 4 is 114 Å². The highest BCUT2D eigenvalue weighted by molar-refractivity contribution is 7.81. The Balaban J connectivity index is 2.32. The summed E-state index contributed by atoms with van der Waals surface area (Å²) in [5.74, 6) is -15.9. The van der Waals surface area contributed by atoms with Crippen molar-refractivity contribution in [3.8, 4) is 11.5 Å². The Morgan fingerprint density at radius 1 is 0.476 bits per heavy atom. The van der Waals surface area contributed by atoms with E-state index in [4.69, 9.17) is 51.0 Å². The molecule has 2 aromatic carbocycles. The molecule has 0 bridgehead atoms. The lowest BCUT2D eigenvalue weighted by molar-refractivity contribution is -0.142. The first-order valence-corrected chi connectivity index (χ1v) is 33.5. The first-order valence-electron chi connectivity index (χ1n) is 32.4. The Hall–Kier alpha value is -9.85. The zero-order valence-corrected chi connectivity index (χ0v) is 58.9. The number of phenolic OH excluding ortho intramolecular Hbond substituents is 2. The fraction of sp³-hybridized carbons (Fsp3) is 0.557. The zero-order chi connectivity index (χ0) is 77.8. The number of aromatic hydroxyl groups is 2. The highest BCUT2D eigenvalue weighted by Gasteiger charge is 2.40. The van der Waals surface area contributed by atoms with Gasteiger partial charge in [-0.25, -0.2) is 4.79 Å². The summed E-state index contributed by atoms with van der Waals surface area (Å²) >= 11 is 8.62. The standard InChI is InChI=1S/C61H100N22O18S2/c1-29(85)45(82-52(94)39(18-21-64)75-48(90)35(6-4-22-71-59(67)68)74-53(95)40(26-44(66)88)78-57(99)46(61(2,3)103)83-47(89)34(65)24-30-8-12-32(86)13-9-30)56(98)77-38(17-20-63)51(93)80-42(27-84)54(96)81-43(28-102)55(97)76-37(16-19-62)50(92)73-36(7-5-23-72-60(69)70)49(91)79-41(58(100)101)25-31-10-14-33(87)15-11-31/h8-15,29,34-43,45-46,84-87,102-103H,4-7,16-28,62-65H2,1-3H3,(H2,66,88)(H,73,92)(H,74,95)(H,75,90)(H,76,97)(H,77,98)(H,78,99)(H,79,91)(H,80,93)(H,81,96)(H,82,94)(H,83,89)(H,100,101)(H4,67,68,71)(H4,69,70,72)/t29-,34+,35+,36+,37+,38-,39+,40+,41+,42+,43+,45+,46-/m1/s1. The molecule has 574 valence electrons. The first kappa shape index (κ1) is 89.2. The van der Waals surface area contributed by atoms with Crippen molar-refractivity contribution in [2.45, 2.75) is 168 Å². The summed E-state index contributed by atoms with van der Waals surface area (Å²) in [4.78, 5) is 177. The molecule has 13 atom stereocenters. The van der Waals surface area contributed by atoms with Gasteiger partial charge in [-0.05, 0) is 127 Å². The van der Waals surface area contributed by atoms with Crippen LogP contribution in [0.15, 0.2) is 48.5 Å². The molecule has 0 heterocycles. The van der Waals surface area contributed by atoms with E-state index in [9.17, 15) is 87.9 Å². The summed E-state index contributed by atoms with van der Waals surface area (Å²) in [5.41, 5.74) is 40.9. The van der Waals surface area contributed by atoms with Gasteiger partial charge in [-0.1, -0.05) is 24.3 Å². The molecule has 0 aliphatic heterocycles. The van der Waals surface area contributed by atoms with E-state index in [2.05, 4.69) is 94.4 Å². The molecular weight excluding hydrogens is 1390 g/mol. The van der Waals surface area contributed by atoms with Crippen molar-refractivity contribution in [2.75, 3.05) is 45.1 Å². The molecule has 0 fully saturated rings. The number of nitrogens with one attached hydrogen (secondary N) is 15. The molecule has 0 aliphatic rings. The minimum Gasteiger partial charge on any atom is -0.508 e. The summed E-state index contributed by atoms with van der Waals surface area (Å²) in [6.07, 6.45) is -4.22. The third kappa shape index (κ3) is 32.8. The number of rotatable bonds is 47. The molecule has 2 aromatic rings. The summed E-state index contributed by atoms with van der Waals surface area (Å²) in [5, 5.41) is 96.6. The second kappa shape index (κ2) is 45.2. The van der Waals surface area contributed by atoms with Gasteiger partial charge in [0.2, 0.25) is 70.9 Å². The fourth-order valence-corrected chi connectivity index (χ4v) is 10.1. The number of phenols is 2. The SMILES string of the molecule is C[C@@H](O)[C@H](NC(=O)[C@H](CCN)NC(=O)[C@H](CCCNC(=N)N)NC(=O)[C@H](CC(N)=O)NC(=O)[C@@H](NC(=O)[C@@H](N)Cc1ccc(O)cc1)C(C)(C)S)C(=O)N[C@H](CCN)C(=O)N[C@@H](CO)C(=O)N[C@@H](CS)C(=O)N[C@@H](CCN)C(=O)N[C@@H](CCCNC(=N)N)C(=O)N[C@@H](Cc1ccc(O)cc1)C(=O)O. The average Bonchev–Trinajstić information content (AvgIpc) is 0.845. The molecule has 0 unspecified atom stereocenters. The van der Waals surface area contributed by atoms with Gasteiger partial charge in [0.1, 0.15) is 78.0 Å². The highest BCUT2D eigenvalue weighted by Crippen LogP contribution is 2.20. The second-order valence-electron chi connectivity index (χ2n) is 24.3. The maximum absolute atomic E-state index is 14.2. The van der Waals surface area contributed by atoms with Gasteiger partial charge in [0.25, 0.3) is 0 Å². The van der Waals surface area contributed by atoms with Gasteiger partial charge in [0, 0.05) is 30.0 Å². The number of carbonyl (C=O) groups excluding carboxylic acids is 12. The number of nitrogens with two attached hydrogens (primary N) is 7. The molecule has 0 aromatic heterocycles. The van der Waals surface area contributed by atoms with Crippen LogP contribution in [0.25, 0.3) is 0 Å². The Morgan fingerprint density at radius 2 is 0.816 bits per heavy atom. The van der Waals surface area contributed by atoms with Crippen LogP contribution in [-0.4, -0.2) is 243 Å². The first-order chi connectivity index (χ1) is 48.4. The second-order valence-corrected chi connectivity index (χ2v) is 25.8.